The van der Waals surface area contributed by atoms with E-state index in [2.05, 4.69) is 27.9 Å². The molecule has 4 heteroatoms. The second-order valence-corrected chi connectivity index (χ2v) is 3.99. The molecule has 0 aliphatic heterocycles. The first kappa shape index (κ1) is 11.3. The largest absolute Gasteiger partial charge is 0.450 e. The number of benzene rings is 1. The Morgan fingerprint density at radius 2 is 2.29 bits per heavy atom. The summed E-state index contributed by atoms with van der Waals surface area (Å²) < 4.78 is 5.79. The van der Waals surface area contributed by atoms with Gasteiger partial charge in [-0.2, -0.15) is 0 Å². The van der Waals surface area contributed by atoms with Crippen LogP contribution in [0.1, 0.15) is 12.5 Å². The number of hydrogen-bond donors (Lipinski definition) is 1. The summed E-state index contributed by atoms with van der Waals surface area (Å²) in [6, 6.07) is 5.82. The smallest absolute Gasteiger partial charge is 0.411 e. The third-order valence-corrected chi connectivity index (χ3v) is 2.53. The standard InChI is InChI=1S/C10H12INO2/c1-3-14-10(13)12-9-5-4-7(2)6-8(9)11/h4-6H,3H2,1-2H3,(H,12,13). The molecule has 0 aliphatic rings. The van der Waals surface area contributed by atoms with Crippen LogP contribution in [-0.4, -0.2) is 12.7 Å². The van der Waals surface area contributed by atoms with E-state index in [1.807, 2.05) is 25.1 Å². The van der Waals surface area contributed by atoms with Crippen LogP contribution in [0, 0.1) is 10.5 Å². The van der Waals surface area contributed by atoms with Gasteiger partial charge in [0.15, 0.2) is 0 Å². The Balaban J connectivity index is 2.72. The number of carbonyl (C=O) groups is 1. The van der Waals surface area contributed by atoms with Crippen molar-refractivity contribution in [1.82, 2.24) is 0 Å². The Hall–Kier alpha value is -0.780. The second kappa shape index (κ2) is 5.19. The molecule has 0 fully saturated rings. The Kier molecular flexibility index (Phi) is 4.19. The van der Waals surface area contributed by atoms with Gasteiger partial charge in [0.2, 0.25) is 0 Å². The molecule has 0 heterocycles. The van der Waals surface area contributed by atoms with E-state index in [9.17, 15) is 4.79 Å². The van der Waals surface area contributed by atoms with Gasteiger partial charge in [-0.1, -0.05) is 6.07 Å². The zero-order chi connectivity index (χ0) is 10.6. The number of amides is 1. The molecule has 0 unspecified atom stereocenters. The van der Waals surface area contributed by atoms with E-state index in [1.54, 1.807) is 6.92 Å². The zero-order valence-electron chi connectivity index (χ0n) is 8.13. The van der Waals surface area contributed by atoms with Crippen molar-refractivity contribution >= 4 is 34.4 Å². The van der Waals surface area contributed by atoms with E-state index in [0.717, 1.165) is 9.26 Å². The van der Waals surface area contributed by atoms with Crippen molar-refractivity contribution in [2.45, 2.75) is 13.8 Å². The Morgan fingerprint density at radius 1 is 1.57 bits per heavy atom. The summed E-state index contributed by atoms with van der Waals surface area (Å²) in [6.45, 7) is 4.17. The van der Waals surface area contributed by atoms with E-state index in [-0.39, 0.29) is 0 Å². The van der Waals surface area contributed by atoms with Crippen molar-refractivity contribution in [3.05, 3.63) is 27.3 Å². The molecule has 0 spiro atoms. The van der Waals surface area contributed by atoms with Crippen LogP contribution in [0.25, 0.3) is 0 Å². The van der Waals surface area contributed by atoms with Gasteiger partial charge < -0.3 is 4.74 Å². The van der Waals surface area contributed by atoms with Crippen LogP contribution in [-0.2, 0) is 4.74 Å². The molecule has 0 atom stereocenters. The fraction of sp³-hybridized carbons (Fsp3) is 0.300. The molecular weight excluding hydrogens is 293 g/mol. The first-order valence-corrected chi connectivity index (χ1v) is 5.41. The Morgan fingerprint density at radius 3 is 2.86 bits per heavy atom. The number of halogens is 1. The summed E-state index contributed by atoms with van der Waals surface area (Å²) in [5, 5.41) is 2.67. The maximum atomic E-state index is 11.1. The lowest BCUT2D eigenvalue weighted by Gasteiger charge is -2.07. The van der Waals surface area contributed by atoms with E-state index in [1.165, 1.54) is 5.56 Å². The molecule has 0 bridgehead atoms. The van der Waals surface area contributed by atoms with E-state index in [0.29, 0.717) is 6.61 Å². The molecule has 1 rings (SSSR count). The lowest BCUT2D eigenvalue weighted by molar-refractivity contribution is 0.168. The first-order chi connectivity index (χ1) is 6.63. The molecule has 0 radical (unpaired) electrons. The summed E-state index contributed by atoms with van der Waals surface area (Å²) in [6.07, 6.45) is -0.408. The van der Waals surface area contributed by atoms with Gasteiger partial charge in [0.1, 0.15) is 0 Å². The number of anilines is 1. The maximum Gasteiger partial charge on any atom is 0.411 e. The molecule has 0 aromatic heterocycles. The average Bonchev–Trinajstić information content (AvgIpc) is 2.10. The molecule has 1 aromatic carbocycles. The highest BCUT2D eigenvalue weighted by Crippen LogP contribution is 2.19. The minimum Gasteiger partial charge on any atom is -0.450 e. The normalized spacial score (nSPS) is 9.64. The molecule has 1 aromatic rings. The van der Waals surface area contributed by atoms with E-state index < -0.39 is 6.09 Å². The SMILES string of the molecule is CCOC(=O)Nc1ccc(C)cc1I. The van der Waals surface area contributed by atoms with Crippen LogP contribution in [0.2, 0.25) is 0 Å². The second-order valence-electron chi connectivity index (χ2n) is 2.83. The molecule has 3 nitrogen and oxygen atoms in total. The average molecular weight is 305 g/mol. The maximum absolute atomic E-state index is 11.1. The van der Waals surface area contributed by atoms with Crippen molar-refractivity contribution in [3.8, 4) is 0 Å². The first-order valence-electron chi connectivity index (χ1n) is 4.33. The zero-order valence-corrected chi connectivity index (χ0v) is 10.3. The Labute approximate surface area is 97.0 Å². The van der Waals surface area contributed by atoms with Crippen molar-refractivity contribution in [2.24, 2.45) is 0 Å². The number of hydrogen-bond acceptors (Lipinski definition) is 2. The number of nitrogens with one attached hydrogen (secondary N) is 1. The quantitative estimate of drug-likeness (QED) is 0.852. The van der Waals surface area contributed by atoms with Gasteiger partial charge in [0.05, 0.1) is 12.3 Å². The fourth-order valence-corrected chi connectivity index (χ4v) is 1.80. The summed E-state index contributed by atoms with van der Waals surface area (Å²) in [4.78, 5) is 11.1. The molecule has 76 valence electrons. The number of aryl methyl sites for hydroxylation is 1. The highest BCUT2D eigenvalue weighted by molar-refractivity contribution is 14.1. The number of rotatable bonds is 2. The van der Waals surface area contributed by atoms with Crippen LogP contribution in [0.5, 0.6) is 0 Å². The van der Waals surface area contributed by atoms with Crippen molar-refractivity contribution < 1.29 is 9.53 Å². The van der Waals surface area contributed by atoms with Crippen LogP contribution in [0.15, 0.2) is 18.2 Å². The van der Waals surface area contributed by atoms with Gasteiger partial charge in [-0.3, -0.25) is 5.32 Å². The van der Waals surface area contributed by atoms with Crippen molar-refractivity contribution in [1.29, 1.82) is 0 Å². The molecule has 1 N–H and O–H groups in total. The summed E-state index contributed by atoms with van der Waals surface area (Å²) >= 11 is 2.18. The van der Waals surface area contributed by atoms with Crippen molar-refractivity contribution in [2.75, 3.05) is 11.9 Å². The van der Waals surface area contributed by atoms with Gasteiger partial charge in [0, 0.05) is 3.57 Å². The summed E-state index contributed by atoms with van der Waals surface area (Å²) in [5.41, 5.74) is 1.96. The predicted molar refractivity (Wildman–Crippen MR) is 64.5 cm³/mol. The lowest BCUT2D eigenvalue weighted by Crippen LogP contribution is -2.14. The van der Waals surface area contributed by atoms with Crippen LogP contribution >= 0.6 is 22.6 Å². The predicted octanol–water partition coefficient (Wildman–Crippen LogP) is 3.17. The third kappa shape index (κ3) is 3.17. The van der Waals surface area contributed by atoms with Crippen LogP contribution in [0.4, 0.5) is 10.5 Å². The molecule has 14 heavy (non-hydrogen) atoms. The highest BCUT2D eigenvalue weighted by atomic mass is 127. The molecule has 0 saturated carbocycles. The topological polar surface area (TPSA) is 38.3 Å². The van der Waals surface area contributed by atoms with Gasteiger partial charge >= 0.3 is 6.09 Å². The van der Waals surface area contributed by atoms with E-state index >= 15 is 0 Å². The molecule has 0 saturated heterocycles. The minimum absolute atomic E-state index is 0.383. The summed E-state index contributed by atoms with van der Waals surface area (Å²) in [5.74, 6) is 0. The van der Waals surface area contributed by atoms with E-state index in [4.69, 9.17) is 4.74 Å². The minimum atomic E-state index is -0.408. The van der Waals surface area contributed by atoms with Crippen LogP contribution < -0.4 is 5.32 Å². The van der Waals surface area contributed by atoms with Gasteiger partial charge in [-0.05, 0) is 54.1 Å². The third-order valence-electron chi connectivity index (χ3n) is 1.64. The van der Waals surface area contributed by atoms with Crippen LogP contribution in [0.3, 0.4) is 0 Å². The number of ether oxygens (including phenoxy) is 1. The molecular formula is C10H12INO2. The van der Waals surface area contributed by atoms with Gasteiger partial charge in [-0.25, -0.2) is 4.79 Å². The van der Waals surface area contributed by atoms with Gasteiger partial charge in [-0.15, -0.1) is 0 Å². The van der Waals surface area contributed by atoms with Gasteiger partial charge in [0.25, 0.3) is 0 Å². The fourth-order valence-electron chi connectivity index (χ4n) is 0.999. The van der Waals surface area contributed by atoms with Crippen molar-refractivity contribution in [3.63, 3.8) is 0 Å². The highest BCUT2D eigenvalue weighted by Gasteiger charge is 2.04. The molecule has 1 amide bonds. The Bertz CT molecular complexity index is 339. The molecule has 0 aliphatic carbocycles. The lowest BCUT2D eigenvalue weighted by atomic mass is 10.2. The number of carbonyl (C=O) groups excluding carboxylic acids is 1. The monoisotopic (exact) mass is 305 g/mol. The summed E-state index contributed by atoms with van der Waals surface area (Å²) in [7, 11) is 0.